The molecular weight excluding hydrogens is 182 g/mol. The molecule has 1 amide bonds. The lowest BCUT2D eigenvalue weighted by atomic mass is 10.0. The molecule has 1 rings (SSSR count). The van der Waals surface area contributed by atoms with Crippen LogP contribution in [0.25, 0.3) is 0 Å². The van der Waals surface area contributed by atoms with Crippen molar-refractivity contribution in [2.45, 2.75) is 39.2 Å². The van der Waals surface area contributed by atoms with Crippen molar-refractivity contribution in [2.24, 2.45) is 16.3 Å². The third kappa shape index (κ3) is 1.97. The number of nitrogens with two attached hydrogens (primary N) is 1. The highest BCUT2D eigenvalue weighted by molar-refractivity contribution is 5.95. The largest absolute Gasteiger partial charge is 0.409 e. The smallest absolute Gasteiger partial charge is 0.226 e. The summed E-state index contributed by atoms with van der Waals surface area (Å²) in [6.07, 6.45) is 1.82. The monoisotopic (exact) mass is 199 g/mol. The molecule has 5 heteroatoms. The Kier molecular flexibility index (Phi) is 2.43. The van der Waals surface area contributed by atoms with Gasteiger partial charge in [-0.2, -0.15) is 0 Å². The third-order valence-corrected chi connectivity index (χ3v) is 2.72. The molecule has 0 unspecified atom stereocenters. The summed E-state index contributed by atoms with van der Waals surface area (Å²) in [4.78, 5) is 11.7. The molecule has 0 aromatic heterocycles. The molecule has 80 valence electrons. The fraction of sp³-hybridized carbons (Fsp3) is 0.778. The van der Waals surface area contributed by atoms with Crippen LogP contribution in [0.2, 0.25) is 0 Å². The van der Waals surface area contributed by atoms with Crippen molar-refractivity contribution >= 4 is 11.7 Å². The van der Waals surface area contributed by atoms with E-state index >= 15 is 0 Å². The summed E-state index contributed by atoms with van der Waals surface area (Å²) in [5, 5.41) is 14.2. The number of amides is 1. The van der Waals surface area contributed by atoms with Crippen LogP contribution in [-0.4, -0.2) is 22.5 Å². The first-order valence-corrected chi connectivity index (χ1v) is 4.62. The first kappa shape index (κ1) is 10.8. The molecule has 0 bridgehead atoms. The van der Waals surface area contributed by atoms with E-state index in [1.54, 1.807) is 13.8 Å². The Hall–Kier alpha value is -1.26. The van der Waals surface area contributed by atoms with E-state index in [2.05, 4.69) is 10.5 Å². The van der Waals surface area contributed by atoms with Crippen LogP contribution in [0.1, 0.15) is 33.6 Å². The minimum atomic E-state index is -0.794. The number of rotatable bonds is 3. The lowest BCUT2D eigenvalue weighted by Crippen LogP contribution is -2.54. The Morgan fingerprint density at radius 2 is 2.07 bits per heavy atom. The first-order valence-electron chi connectivity index (χ1n) is 4.62. The van der Waals surface area contributed by atoms with E-state index in [4.69, 9.17) is 10.9 Å². The summed E-state index contributed by atoms with van der Waals surface area (Å²) >= 11 is 0. The van der Waals surface area contributed by atoms with E-state index in [1.165, 1.54) is 0 Å². The minimum absolute atomic E-state index is 0.00935. The number of amidine groups is 1. The Balaban J connectivity index is 2.63. The van der Waals surface area contributed by atoms with Gasteiger partial charge in [0.2, 0.25) is 5.91 Å². The summed E-state index contributed by atoms with van der Waals surface area (Å²) in [5.41, 5.74) is 4.41. The molecule has 0 radical (unpaired) electrons. The van der Waals surface area contributed by atoms with Gasteiger partial charge < -0.3 is 16.3 Å². The van der Waals surface area contributed by atoms with Gasteiger partial charge in [-0.25, -0.2) is 0 Å². The second-order valence-electron chi connectivity index (χ2n) is 4.63. The van der Waals surface area contributed by atoms with Gasteiger partial charge >= 0.3 is 0 Å². The average molecular weight is 199 g/mol. The summed E-state index contributed by atoms with van der Waals surface area (Å²) in [7, 11) is 0. The molecule has 0 heterocycles. The number of hydrogen-bond donors (Lipinski definition) is 3. The molecule has 0 aromatic rings. The van der Waals surface area contributed by atoms with Crippen LogP contribution in [-0.2, 0) is 4.79 Å². The third-order valence-electron chi connectivity index (χ3n) is 2.72. The van der Waals surface area contributed by atoms with Gasteiger partial charge in [0, 0.05) is 5.41 Å². The lowest BCUT2D eigenvalue weighted by molar-refractivity contribution is -0.126. The average Bonchev–Trinajstić information content (AvgIpc) is 2.82. The summed E-state index contributed by atoms with van der Waals surface area (Å²) in [6, 6.07) is 0. The zero-order valence-electron chi connectivity index (χ0n) is 8.79. The van der Waals surface area contributed by atoms with Gasteiger partial charge in [-0.1, -0.05) is 12.1 Å². The van der Waals surface area contributed by atoms with E-state index in [1.807, 2.05) is 6.92 Å². The van der Waals surface area contributed by atoms with Crippen LogP contribution in [0.5, 0.6) is 0 Å². The molecule has 1 aliphatic rings. The molecule has 5 nitrogen and oxygen atoms in total. The van der Waals surface area contributed by atoms with Crippen molar-refractivity contribution in [3.63, 3.8) is 0 Å². The molecule has 0 atom stereocenters. The zero-order chi connectivity index (χ0) is 11.0. The highest BCUT2D eigenvalue weighted by atomic mass is 16.4. The topological polar surface area (TPSA) is 87.7 Å². The molecule has 14 heavy (non-hydrogen) atoms. The second kappa shape index (κ2) is 3.15. The van der Waals surface area contributed by atoms with Crippen LogP contribution in [0.3, 0.4) is 0 Å². The Morgan fingerprint density at radius 3 is 2.43 bits per heavy atom. The molecule has 0 aromatic carbocycles. The standard InChI is InChI=1S/C9H17N3O2/c1-8(2,6(10)12-14)11-7(13)9(3)4-5-9/h14H,4-5H2,1-3H3,(H2,10,12)(H,11,13). The SMILES string of the molecule is CC1(C(=O)NC(C)(C)/C(N)=N/O)CC1. The van der Waals surface area contributed by atoms with Gasteiger partial charge in [0.05, 0.1) is 5.54 Å². The molecule has 1 fully saturated rings. The maximum Gasteiger partial charge on any atom is 0.226 e. The maximum absolute atomic E-state index is 11.7. The van der Waals surface area contributed by atoms with Crippen LogP contribution in [0.4, 0.5) is 0 Å². The highest BCUT2D eigenvalue weighted by Crippen LogP contribution is 2.45. The first-order chi connectivity index (χ1) is 6.32. The maximum atomic E-state index is 11.7. The molecule has 0 aliphatic heterocycles. The second-order valence-corrected chi connectivity index (χ2v) is 4.63. The predicted octanol–water partition coefficient (Wildman–Crippen LogP) is 0.428. The van der Waals surface area contributed by atoms with Crippen LogP contribution < -0.4 is 11.1 Å². The van der Waals surface area contributed by atoms with Crippen molar-refractivity contribution in [3.8, 4) is 0 Å². The normalized spacial score (nSPS) is 20.4. The van der Waals surface area contributed by atoms with Crippen molar-refractivity contribution in [1.29, 1.82) is 0 Å². The number of oxime groups is 1. The van der Waals surface area contributed by atoms with Crippen LogP contribution >= 0.6 is 0 Å². The van der Waals surface area contributed by atoms with Gasteiger partial charge in [-0.3, -0.25) is 4.79 Å². The molecule has 0 spiro atoms. The van der Waals surface area contributed by atoms with Crippen molar-refractivity contribution in [2.75, 3.05) is 0 Å². The predicted molar refractivity (Wildman–Crippen MR) is 53.0 cm³/mol. The van der Waals surface area contributed by atoms with Gasteiger partial charge in [0.1, 0.15) is 0 Å². The minimum Gasteiger partial charge on any atom is -0.409 e. The Bertz CT molecular complexity index is 280. The molecular formula is C9H17N3O2. The van der Waals surface area contributed by atoms with Gasteiger partial charge in [-0.15, -0.1) is 0 Å². The Labute approximate surface area is 83.3 Å². The van der Waals surface area contributed by atoms with E-state index < -0.39 is 5.54 Å². The number of nitrogens with zero attached hydrogens (tertiary/aromatic N) is 1. The Morgan fingerprint density at radius 1 is 1.57 bits per heavy atom. The zero-order valence-corrected chi connectivity index (χ0v) is 8.79. The van der Waals surface area contributed by atoms with E-state index in [0.29, 0.717) is 0 Å². The quantitative estimate of drug-likeness (QED) is 0.266. The summed E-state index contributed by atoms with van der Waals surface area (Å²) in [6.45, 7) is 5.31. The molecule has 1 saturated carbocycles. The van der Waals surface area contributed by atoms with E-state index in [9.17, 15) is 4.79 Å². The lowest BCUT2D eigenvalue weighted by Gasteiger charge is -2.26. The number of hydrogen-bond acceptors (Lipinski definition) is 3. The van der Waals surface area contributed by atoms with Crippen molar-refractivity contribution in [3.05, 3.63) is 0 Å². The van der Waals surface area contributed by atoms with Gasteiger partial charge in [0.15, 0.2) is 5.84 Å². The molecule has 0 saturated heterocycles. The van der Waals surface area contributed by atoms with Crippen LogP contribution in [0, 0.1) is 5.41 Å². The van der Waals surface area contributed by atoms with E-state index in [0.717, 1.165) is 12.8 Å². The van der Waals surface area contributed by atoms with Gasteiger partial charge in [-0.05, 0) is 26.7 Å². The highest BCUT2D eigenvalue weighted by Gasteiger charge is 2.46. The van der Waals surface area contributed by atoms with Crippen molar-refractivity contribution in [1.82, 2.24) is 5.32 Å². The van der Waals surface area contributed by atoms with Crippen LogP contribution in [0.15, 0.2) is 5.16 Å². The molecule has 4 N–H and O–H groups in total. The number of nitrogens with one attached hydrogen (secondary N) is 1. The van der Waals surface area contributed by atoms with Gasteiger partial charge in [0.25, 0.3) is 0 Å². The molecule has 1 aliphatic carbocycles. The number of carbonyl (C=O) groups is 1. The summed E-state index contributed by atoms with van der Waals surface area (Å²) in [5.74, 6) is -0.0239. The summed E-state index contributed by atoms with van der Waals surface area (Å²) < 4.78 is 0. The fourth-order valence-corrected chi connectivity index (χ4v) is 1.04. The van der Waals surface area contributed by atoms with Crippen molar-refractivity contribution < 1.29 is 10.0 Å². The fourth-order valence-electron chi connectivity index (χ4n) is 1.04. The van der Waals surface area contributed by atoms with E-state index in [-0.39, 0.29) is 17.2 Å². The number of carbonyl (C=O) groups excluding carboxylic acids is 1.